The largest absolute Gasteiger partial charge is 0.469 e. The highest BCUT2D eigenvalue weighted by Gasteiger charge is 2.10. The first-order chi connectivity index (χ1) is 9.72. The van der Waals surface area contributed by atoms with E-state index >= 15 is 0 Å². The summed E-state index contributed by atoms with van der Waals surface area (Å²) in [6.07, 6.45) is 8.04. The van der Waals surface area contributed by atoms with Gasteiger partial charge in [0, 0.05) is 24.6 Å². The van der Waals surface area contributed by atoms with Crippen molar-refractivity contribution in [2.75, 3.05) is 13.7 Å². The number of unbranched alkanes of at least 4 members (excludes halogenated alkanes) is 2. The maximum Gasteiger partial charge on any atom is 0.305 e. The van der Waals surface area contributed by atoms with E-state index in [-0.39, 0.29) is 11.9 Å². The van der Waals surface area contributed by atoms with E-state index in [0.29, 0.717) is 24.6 Å². The Balaban J connectivity index is 1.87. The summed E-state index contributed by atoms with van der Waals surface area (Å²) < 4.78 is 4.55. The molecular weight excluding hydrogens is 294 g/mol. The van der Waals surface area contributed by atoms with Crippen LogP contribution in [0.2, 0.25) is 0 Å². The van der Waals surface area contributed by atoms with Crippen molar-refractivity contribution in [2.24, 2.45) is 0 Å². The van der Waals surface area contributed by atoms with E-state index in [1.807, 2.05) is 10.8 Å². The van der Waals surface area contributed by atoms with Crippen LogP contribution in [-0.4, -0.2) is 30.8 Å². The summed E-state index contributed by atoms with van der Waals surface area (Å²) >= 11 is 0. The zero-order chi connectivity index (χ0) is 14.6. The molecule has 0 aromatic carbocycles. The zero-order valence-electron chi connectivity index (χ0n) is 11.9. The summed E-state index contributed by atoms with van der Waals surface area (Å²) in [5.41, 5.74) is 0. The lowest BCUT2D eigenvalue weighted by Gasteiger charge is -2.07. The van der Waals surface area contributed by atoms with Gasteiger partial charge in [0.25, 0.3) is 0 Å². The molecule has 0 aliphatic carbocycles. The number of methoxy groups -OCH3 is 1. The maximum atomic E-state index is 11.6. The second-order valence-electron chi connectivity index (χ2n) is 4.69. The van der Waals surface area contributed by atoms with Crippen LogP contribution in [0.5, 0.6) is 0 Å². The van der Waals surface area contributed by atoms with Crippen molar-refractivity contribution in [2.45, 2.75) is 50.2 Å². The van der Waals surface area contributed by atoms with Crippen molar-refractivity contribution in [3.63, 3.8) is 0 Å². The predicted molar refractivity (Wildman–Crippen MR) is 85.5 cm³/mol. The number of nitrogens with one attached hydrogen (secondary N) is 1. The summed E-state index contributed by atoms with van der Waals surface area (Å²) in [4.78, 5) is 22.4. The summed E-state index contributed by atoms with van der Waals surface area (Å²) in [6, 6.07) is 0. The van der Waals surface area contributed by atoms with Crippen LogP contribution >= 0.6 is 21.6 Å². The third-order valence-corrected chi connectivity index (χ3v) is 5.46. The van der Waals surface area contributed by atoms with Gasteiger partial charge < -0.3 is 10.1 Å². The molecule has 1 rings (SSSR count). The molecule has 1 aliphatic heterocycles. The number of hydrogen-bond acceptors (Lipinski definition) is 5. The van der Waals surface area contributed by atoms with Crippen molar-refractivity contribution in [3.8, 4) is 0 Å². The van der Waals surface area contributed by atoms with Crippen LogP contribution in [0.15, 0.2) is 11.5 Å². The first kappa shape index (κ1) is 17.4. The number of carbonyl (C=O) groups excluding carboxylic acids is 2. The lowest BCUT2D eigenvalue weighted by atomic mass is 10.1. The molecule has 114 valence electrons. The standard InChI is InChI=1S/C14H23NO3S2/c1-18-14(17)8-4-5-10-15-13(16)7-3-2-6-12-9-11-19-20-12/h9,11-12H,2-8,10H2,1H3,(H,15,16). The molecule has 6 heteroatoms. The van der Waals surface area contributed by atoms with Gasteiger partial charge >= 0.3 is 5.97 Å². The number of carbonyl (C=O) groups is 2. The highest BCUT2D eigenvalue weighted by atomic mass is 33.1. The van der Waals surface area contributed by atoms with E-state index in [1.54, 1.807) is 10.8 Å². The lowest BCUT2D eigenvalue weighted by molar-refractivity contribution is -0.140. The van der Waals surface area contributed by atoms with E-state index in [0.717, 1.165) is 32.1 Å². The first-order valence-corrected chi connectivity index (χ1v) is 9.32. The molecule has 0 spiro atoms. The smallest absolute Gasteiger partial charge is 0.305 e. The molecule has 1 amide bonds. The summed E-state index contributed by atoms with van der Waals surface area (Å²) in [6.45, 7) is 0.647. The SMILES string of the molecule is COC(=O)CCCCNC(=O)CCCCC1C=CSS1. The molecular formula is C14H23NO3S2. The molecule has 1 unspecified atom stereocenters. The fourth-order valence-electron chi connectivity index (χ4n) is 1.84. The van der Waals surface area contributed by atoms with Gasteiger partial charge in [0.05, 0.1) is 7.11 Å². The minimum Gasteiger partial charge on any atom is -0.469 e. The summed E-state index contributed by atoms with van der Waals surface area (Å²) in [5.74, 6) is -0.0691. The van der Waals surface area contributed by atoms with E-state index in [2.05, 4.69) is 21.5 Å². The van der Waals surface area contributed by atoms with Crippen LogP contribution in [0.1, 0.15) is 44.9 Å². The van der Waals surface area contributed by atoms with Gasteiger partial charge in [-0.25, -0.2) is 0 Å². The molecule has 0 saturated heterocycles. The fraction of sp³-hybridized carbons (Fsp3) is 0.714. The molecule has 1 N–H and O–H groups in total. The van der Waals surface area contributed by atoms with Gasteiger partial charge in [-0.3, -0.25) is 9.59 Å². The average molecular weight is 317 g/mol. The number of amides is 1. The van der Waals surface area contributed by atoms with Gasteiger partial charge in [0.1, 0.15) is 0 Å². The van der Waals surface area contributed by atoms with Gasteiger partial charge in [0.15, 0.2) is 0 Å². The Morgan fingerprint density at radius 3 is 2.70 bits per heavy atom. The molecule has 0 saturated carbocycles. The molecule has 1 atom stereocenters. The Morgan fingerprint density at radius 2 is 2.00 bits per heavy atom. The number of esters is 1. The number of hydrogen-bond donors (Lipinski definition) is 1. The number of ether oxygens (including phenoxy) is 1. The van der Waals surface area contributed by atoms with Gasteiger partial charge in [-0.15, -0.1) is 0 Å². The van der Waals surface area contributed by atoms with Gasteiger partial charge in [0.2, 0.25) is 5.91 Å². The highest BCUT2D eigenvalue weighted by Crippen LogP contribution is 2.37. The third kappa shape index (κ3) is 8.53. The van der Waals surface area contributed by atoms with Gasteiger partial charge in [-0.1, -0.05) is 34.1 Å². The summed E-state index contributed by atoms with van der Waals surface area (Å²) in [5, 5.41) is 5.65. The van der Waals surface area contributed by atoms with Crippen molar-refractivity contribution in [1.82, 2.24) is 5.32 Å². The van der Waals surface area contributed by atoms with E-state index < -0.39 is 0 Å². The van der Waals surface area contributed by atoms with Crippen LogP contribution in [0.3, 0.4) is 0 Å². The molecule has 0 aromatic rings. The monoisotopic (exact) mass is 317 g/mol. The Hall–Kier alpha value is -0.620. The van der Waals surface area contributed by atoms with Crippen LogP contribution in [0.4, 0.5) is 0 Å². The predicted octanol–water partition coefficient (Wildman–Crippen LogP) is 3.28. The van der Waals surface area contributed by atoms with E-state index in [1.165, 1.54) is 7.11 Å². The molecule has 0 aromatic heterocycles. The van der Waals surface area contributed by atoms with Gasteiger partial charge in [-0.2, -0.15) is 0 Å². The van der Waals surface area contributed by atoms with Gasteiger partial charge in [-0.05, 0) is 31.1 Å². The van der Waals surface area contributed by atoms with Crippen LogP contribution in [-0.2, 0) is 14.3 Å². The average Bonchev–Trinajstić information content (AvgIpc) is 2.96. The minimum absolute atomic E-state index is 0.118. The highest BCUT2D eigenvalue weighted by molar-refractivity contribution is 8.78. The van der Waals surface area contributed by atoms with Crippen LogP contribution < -0.4 is 5.32 Å². The number of rotatable bonds is 10. The second-order valence-corrected chi connectivity index (χ2v) is 7.11. The normalized spacial score (nSPS) is 17.1. The topological polar surface area (TPSA) is 55.4 Å². The molecule has 1 aliphatic rings. The maximum absolute atomic E-state index is 11.6. The van der Waals surface area contributed by atoms with Crippen molar-refractivity contribution >= 4 is 33.5 Å². The Labute approximate surface area is 128 Å². The molecule has 0 fully saturated rings. The van der Waals surface area contributed by atoms with Crippen molar-refractivity contribution in [3.05, 3.63) is 11.5 Å². The molecule has 0 radical (unpaired) electrons. The Kier molecular flexibility index (Phi) is 9.66. The summed E-state index contributed by atoms with van der Waals surface area (Å²) in [7, 11) is 5.07. The van der Waals surface area contributed by atoms with Crippen LogP contribution in [0, 0.1) is 0 Å². The van der Waals surface area contributed by atoms with E-state index in [4.69, 9.17) is 0 Å². The molecule has 20 heavy (non-hydrogen) atoms. The Morgan fingerprint density at radius 1 is 1.20 bits per heavy atom. The quantitative estimate of drug-likeness (QED) is 0.381. The van der Waals surface area contributed by atoms with Crippen molar-refractivity contribution in [1.29, 1.82) is 0 Å². The lowest BCUT2D eigenvalue weighted by Crippen LogP contribution is -2.24. The first-order valence-electron chi connectivity index (χ1n) is 7.04. The van der Waals surface area contributed by atoms with Crippen LogP contribution in [0.25, 0.3) is 0 Å². The van der Waals surface area contributed by atoms with Crippen molar-refractivity contribution < 1.29 is 14.3 Å². The minimum atomic E-state index is -0.187. The fourth-order valence-corrected chi connectivity index (χ4v) is 4.10. The Bertz CT molecular complexity index is 334. The third-order valence-electron chi connectivity index (χ3n) is 3.03. The second kappa shape index (κ2) is 11.1. The molecule has 1 heterocycles. The molecule has 4 nitrogen and oxygen atoms in total. The molecule has 0 bridgehead atoms. The van der Waals surface area contributed by atoms with E-state index in [9.17, 15) is 9.59 Å². The zero-order valence-corrected chi connectivity index (χ0v) is 13.6.